The van der Waals surface area contributed by atoms with E-state index < -0.39 is 0 Å². The summed E-state index contributed by atoms with van der Waals surface area (Å²) in [7, 11) is 1.88. The van der Waals surface area contributed by atoms with Gasteiger partial charge in [0.05, 0.1) is 5.69 Å². The summed E-state index contributed by atoms with van der Waals surface area (Å²) in [4.78, 5) is 4.49. The molecule has 0 radical (unpaired) electrons. The lowest BCUT2D eigenvalue weighted by molar-refractivity contribution is 1.28. The van der Waals surface area contributed by atoms with Gasteiger partial charge in [-0.25, -0.2) is 4.98 Å². The van der Waals surface area contributed by atoms with Crippen molar-refractivity contribution in [1.29, 1.82) is 0 Å². The second-order valence-electron chi connectivity index (χ2n) is 3.53. The Kier molecular flexibility index (Phi) is 2.68. The van der Waals surface area contributed by atoms with E-state index in [-0.39, 0.29) is 0 Å². The highest BCUT2D eigenvalue weighted by atomic mass is 15.0. The monoisotopic (exact) mass is 198 g/mol. The van der Waals surface area contributed by atoms with Gasteiger partial charge >= 0.3 is 0 Å². The van der Waals surface area contributed by atoms with Crippen molar-refractivity contribution in [2.75, 3.05) is 12.4 Å². The van der Waals surface area contributed by atoms with Crippen LogP contribution in [0.2, 0.25) is 0 Å². The molecule has 0 bridgehead atoms. The minimum Gasteiger partial charge on any atom is -0.373 e. The third kappa shape index (κ3) is 2.15. The average molecular weight is 198 g/mol. The van der Waals surface area contributed by atoms with Crippen LogP contribution in [0.3, 0.4) is 0 Å². The van der Waals surface area contributed by atoms with Crippen LogP contribution in [-0.4, -0.2) is 12.0 Å². The molecule has 0 aliphatic heterocycles. The fraction of sp³-hybridized carbons (Fsp3) is 0.154. The minimum atomic E-state index is 0.897. The number of nitrogens with one attached hydrogen (secondary N) is 1. The van der Waals surface area contributed by atoms with Crippen molar-refractivity contribution >= 4 is 5.82 Å². The number of rotatable bonds is 2. The molecule has 15 heavy (non-hydrogen) atoms. The van der Waals surface area contributed by atoms with Crippen LogP contribution in [0.1, 0.15) is 5.56 Å². The van der Waals surface area contributed by atoms with Crippen molar-refractivity contribution in [1.82, 2.24) is 4.98 Å². The molecule has 0 saturated carbocycles. The van der Waals surface area contributed by atoms with Gasteiger partial charge in [0.25, 0.3) is 0 Å². The quantitative estimate of drug-likeness (QED) is 0.802. The van der Waals surface area contributed by atoms with Gasteiger partial charge in [0.1, 0.15) is 5.82 Å². The normalized spacial score (nSPS) is 10.0. The predicted molar refractivity (Wildman–Crippen MR) is 64.0 cm³/mol. The number of aromatic nitrogens is 1. The molecule has 2 aromatic rings. The maximum absolute atomic E-state index is 4.49. The van der Waals surface area contributed by atoms with Crippen LogP contribution in [0.25, 0.3) is 11.3 Å². The lowest BCUT2D eigenvalue weighted by Crippen LogP contribution is -1.93. The van der Waals surface area contributed by atoms with Crippen molar-refractivity contribution in [3.05, 3.63) is 48.0 Å². The molecule has 0 aliphatic carbocycles. The lowest BCUT2D eigenvalue weighted by Gasteiger charge is -2.04. The van der Waals surface area contributed by atoms with E-state index in [4.69, 9.17) is 0 Å². The first kappa shape index (κ1) is 9.71. The van der Waals surface area contributed by atoms with Crippen LogP contribution in [0.4, 0.5) is 5.82 Å². The Balaban J connectivity index is 2.44. The van der Waals surface area contributed by atoms with Gasteiger partial charge in [0.15, 0.2) is 0 Å². The molecule has 1 aromatic carbocycles. The van der Waals surface area contributed by atoms with Gasteiger partial charge in [0, 0.05) is 12.6 Å². The standard InChI is InChI=1S/C13H14N2/c1-10-5-3-6-11(9-10)12-7-4-8-13(14-2)15-12/h3-9H,1-2H3,(H,14,15). The lowest BCUT2D eigenvalue weighted by atomic mass is 10.1. The predicted octanol–water partition coefficient (Wildman–Crippen LogP) is 3.10. The summed E-state index contributed by atoms with van der Waals surface area (Å²) in [5.74, 6) is 0.897. The number of pyridine rings is 1. The zero-order chi connectivity index (χ0) is 10.7. The number of benzene rings is 1. The summed E-state index contributed by atoms with van der Waals surface area (Å²) < 4.78 is 0. The van der Waals surface area contributed by atoms with E-state index in [2.05, 4.69) is 41.5 Å². The summed E-state index contributed by atoms with van der Waals surface area (Å²) in [5.41, 5.74) is 3.42. The van der Waals surface area contributed by atoms with Crippen molar-refractivity contribution < 1.29 is 0 Å². The molecule has 0 atom stereocenters. The molecule has 76 valence electrons. The van der Waals surface area contributed by atoms with Crippen LogP contribution >= 0.6 is 0 Å². The van der Waals surface area contributed by atoms with Crippen LogP contribution in [0, 0.1) is 6.92 Å². The zero-order valence-corrected chi connectivity index (χ0v) is 8.99. The molecule has 2 nitrogen and oxygen atoms in total. The first-order chi connectivity index (χ1) is 7.29. The van der Waals surface area contributed by atoms with Crippen LogP contribution in [0.15, 0.2) is 42.5 Å². The van der Waals surface area contributed by atoms with Crippen molar-refractivity contribution in [3.63, 3.8) is 0 Å². The molecule has 0 aliphatic rings. The molecular formula is C13H14N2. The largest absolute Gasteiger partial charge is 0.373 e. The molecule has 1 heterocycles. The van der Waals surface area contributed by atoms with E-state index in [1.807, 2.05) is 25.2 Å². The Morgan fingerprint density at radius 2 is 1.87 bits per heavy atom. The summed E-state index contributed by atoms with van der Waals surface area (Å²) in [6, 6.07) is 14.4. The minimum absolute atomic E-state index is 0.897. The fourth-order valence-corrected chi connectivity index (χ4v) is 1.54. The first-order valence-electron chi connectivity index (χ1n) is 5.01. The van der Waals surface area contributed by atoms with E-state index >= 15 is 0 Å². The second-order valence-corrected chi connectivity index (χ2v) is 3.53. The molecule has 2 heteroatoms. The number of aryl methyl sites for hydroxylation is 1. The Hall–Kier alpha value is -1.83. The molecule has 0 saturated heterocycles. The van der Waals surface area contributed by atoms with E-state index in [1.165, 1.54) is 5.56 Å². The molecule has 0 unspecified atom stereocenters. The molecule has 0 amide bonds. The van der Waals surface area contributed by atoms with E-state index in [9.17, 15) is 0 Å². The molecule has 1 aromatic heterocycles. The smallest absolute Gasteiger partial charge is 0.126 e. The molecule has 0 fully saturated rings. The molecular weight excluding hydrogens is 184 g/mol. The van der Waals surface area contributed by atoms with Gasteiger partial charge in [-0.2, -0.15) is 0 Å². The fourth-order valence-electron chi connectivity index (χ4n) is 1.54. The maximum atomic E-state index is 4.49. The number of hydrogen-bond donors (Lipinski definition) is 1. The van der Waals surface area contributed by atoms with Gasteiger partial charge in [-0.1, -0.05) is 29.8 Å². The summed E-state index contributed by atoms with van der Waals surface area (Å²) in [6.45, 7) is 2.09. The van der Waals surface area contributed by atoms with Crippen molar-refractivity contribution in [2.45, 2.75) is 6.92 Å². The highest BCUT2D eigenvalue weighted by Crippen LogP contribution is 2.19. The maximum Gasteiger partial charge on any atom is 0.126 e. The van der Waals surface area contributed by atoms with E-state index in [0.29, 0.717) is 0 Å². The van der Waals surface area contributed by atoms with E-state index in [0.717, 1.165) is 17.1 Å². The van der Waals surface area contributed by atoms with Gasteiger partial charge < -0.3 is 5.32 Å². The van der Waals surface area contributed by atoms with Crippen molar-refractivity contribution in [2.24, 2.45) is 0 Å². The Bertz CT molecular complexity index is 464. The van der Waals surface area contributed by atoms with Gasteiger partial charge in [-0.15, -0.1) is 0 Å². The number of anilines is 1. The SMILES string of the molecule is CNc1cccc(-c2cccc(C)c2)n1. The highest BCUT2D eigenvalue weighted by Gasteiger charge is 1.99. The molecule has 2 rings (SSSR count). The summed E-state index contributed by atoms with van der Waals surface area (Å²) in [6.07, 6.45) is 0. The average Bonchev–Trinajstić information content (AvgIpc) is 2.29. The third-order valence-electron chi connectivity index (χ3n) is 2.32. The second kappa shape index (κ2) is 4.13. The summed E-state index contributed by atoms with van der Waals surface area (Å²) >= 11 is 0. The summed E-state index contributed by atoms with van der Waals surface area (Å²) in [5, 5.41) is 3.04. The third-order valence-corrected chi connectivity index (χ3v) is 2.32. The van der Waals surface area contributed by atoms with Gasteiger partial charge in [-0.3, -0.25) is 0 Å². The Morgan fingerprint density at radius 1 is 1.07 bits per heavy atom. The van der Waals surface area contributed by atoms with Crippen molar-refractivity contribution in [3.8, 4) is 11.3 Å². The Morgan fingerprint density at radius 3 is 2.60 bits per heavy atom. The topological polar surface area (TPSA) is 24.9 Å². The van der Waals surface area contributed by atoms with Crippen LogP contribution in [-0.2, 0) is 0 Å². The van der Waals surface area contributed by atoms with Gasteiger partial charge in [0.2, 0.25) is 0 Å². The van der Waals surface area contributed by atoms with Crippen LogP contribution in [0.5, 0.6) is 0 Å². The zero-order valence-electron chi connectivity index (χ0n) is 8.99. The number of nitrogens with zero attached hydrogens (tertiary/aromatic N) is 1. The highest BCUT2D eigenvalue weighted by molar-refractivity contribution is 5.61. The molecule has 0 spiro atoms. The Labute approximate surface area is 90.0 Å². The van der Waals surface area contributed by atoms with Crippen LogP contribution < -0.4 is 5.32 Å². The number of hydrogen-bond acceptors (Lipinski definition) is 2. The van der Waals surface area contributed by atoms with E-state index in [1.54, 1.807) is 0 Å². The molecule has 1 N–H and O–H groups in total. The first-order valence-corrected chi connectivity index (χ1v) is 5.01. The van der Waals surface area contributed by atoms with Gasteiger partial charge in [-0.05, 0) is 25.1 Å².